The quantitative estimate of drug-likeness (QED) is 0.718. The van der Waals surface area contributed by atoms with Crippen LogP contribution in [0.4, 0.5) is 0 Å². The van der Waals surface area contributed by atoms with Crippen LogP contribution in [0.3, 0.4) is 0 Å². The first-order valence-electron chi connectivity index (χ1n) is 4.86. The molecule has 2 aromatic rings. The SMILES string of the molecule is Cc1ccc(C(=O)Cc2ccsc2)cc1. The molecule has 0 saturated heterocycles. The fourth-order valence-corrected chi connectivity index (χ4v) is 2.09. The van der Waals surface area contributed by atoms with Crippen LogP contribution >= 0.6 is 11.3 Å². The molecule has 0 spiro atoms. The Kier molecular flexibility index (Phi) is 2.97. The molecule has 0 aliphatic rings. The summed E-state index contributed by atoms with van der Waals surface area (Å²) in [7, 11) is 0. The Hall–Kier alpha value is -1.41. The topological polar surface area (TPSA) is 17.1 Å². The molecule has 0 aliphatic heterocycles. The number of ketones is 1. The summed E-state index contributed by atoms with van der Waals surface area (Å²) < 4.78 is 0. The van der Waals surface area contributed by atoms with E-state index in [1.54, 1.807) is 11.3 Å². The standard InChI is InChI=1S/C13H12OS/c1-10-2-4-12(5-3-10)13(14)8-11-6-7-15-9-11/h2-7,9H,8H2,1H3. The first kappa shape index (κ1) is 10.1. The van der Waals surface area contributed by atoms with E-state index in [0.29, 0.717) is 6.42 Å². The minimum atomic E-state index is 0.188. The van der Waals surface area contributed by atoms with E-state index in [9.17, 15) is 4.79 Å². The Morgan fingerprint density at radius 1 is 1.20 bits per heavy atom. The smallest absolute Gasteiger partial charge is 0.167 e. The zero-order chi connectivity index (χ0) is 10.7. The lowest BCUT2D eigenvalue weighted by Crippen LogP contribution is -2.02. The molecule has 0 unspecified atom stereocenters. The molecule has 2 heteroatoms. The number of benzene rings is 1. The van der Waals surface area contributed by atoms with Crippen LogP contribution in [0.2, 0.25) is 0 Å². The molecular formula is C13H12OS. The molecule has 2 rings (SSSR count). The Morgan fingerprint density at radius 2 is 1.93 bits per heavy atom. The van der Waals surface area contributed by atoms with Gasteiger partial charge in [-0.1, -0.05) is 29.8 Å². The lowest BCUT2D eigenvalue weighted by atomic mass is 10.0. The second kappa shape index (κ2) is 4.41. The average molecular weight is 216 g/mol. The van der Waals surface area contributed by atoms with Crippen LogP contribution in [0.1, 0.15) is 21.5 Å². The van der Waals surface area contributed by atoms with Gasteiger partial charge >= 0.3 is 0 Å². The van der Waals surface area contributed by atoms with Crippen molar-refractivity contribution in [1.29, 1.82) is 0 Å². The fraction of sp³-hybridized carbons (Fsp3) is 0.154. The second-order valence-electron chi connectivity index (χ2n) is 3.60. The first-order valence-corrected chi connectivity index (χ1v) is 5.81. The van der Waals surface area contributed by atoms with Gasteiger partial charge in [0.05, 0.1) is 0 Å². The molecule has 0 N–H and O–H groups in total. The van der Waals surface area contributed by atoms with Crippen molar-refractivity contribution < 1.29 is 4.79 Å². The van der Waals surface area contributed by atoms with E-state index in [1.807, 2.05) is 48.0 Å². The van der Waals surface area contributed by atoms with Gasteiger partial charge in [-0.3, -0.25) is 4.79 Å². The number of rotatable bonds is 3. The number of carbonyl (C=O) groups is 1. The van der Waals surface area contributed by atoms with Crippen LogP contribution in [0.15, 0.2) is 41.1 Å². The van der Waals surface area contributed by atoms with E-state index in [2.05, 4.69) is 0 Å². The average Bonchev–Trinajstić information content (AvgIpc) is 2.71. The van der Waals surface area contributed by atoms with Crippen molar-refractivity contribution in [3.8, 4) is 0 Å². The van der Waals surface area contributed by atoms with Crippen molar-refractivity contribution in [2.45, 2.75) is 13.3 Å². The predicted molar refractivity (Wildman–Crippen MR) is 63.5 cm³/mol. The van der Waals surface area contributed by atoms with E-state index in [-0.39, 0.29) is 5.78 Å². The van der Waals surface area contributed by atoms with Gasteiger partial charge in [0.2, 0.25) is 0 Å². The maximum absolute atomic E-state index is 11.8. The molecule has 76 valence electrons. The van der Waals surface area contributed by atoms with Gasteiger partial charge < -0.3 is 0 Å². The van der Waals surface area contributed by atoms with Gasteiger partial charge in [-0.2, -0.15) is 11.3 Å². The van der Waals surface area contributed by atoms with E-state index >= 15 is 0 Å². The Labute approximate surface area is 93.4 Å². The summed E-state index contributed by atoms with van der Waals surface area (Å²) in [4.78, 5) is 11.8. The Bertz CT molecular complexity index is 440. The van der Waals surface area contributed by atoms with Crippen molar-refractivity contribution in [2.75, 3.05) is 0 Å². The maximum Gasteiger partial charge on any atom is 0.167 e. The summed E-state index contributed by atoms with van der Waals surface area (Å²) in [5.74, 6) is 0.188. The number of thiophene rings is 1. The highest BCUT2D eigenvalue weighted by molar-refractivity contribution is 7.08. The Balaban J connectivity index is 2.11. The molecule has 1 aromatic carbocycles. The molecule has 0 radical (unpaired) electrons. The third-order valence-corrected chi connectivity index (χ3v) is 3.05. The van der Waals surface area contributed by atoms with Gasteiger partial charge in [0.1, 0.15) is 0 Å². The van der Waals surface area contributed by atoms with Crippen LogP contribution in [0, 0.1) is 6.92 Å². The lowest BCUT2D eigenvalue weighted by Gasteiger charge is -1.99. The van der Waals surface area contributed by atoms with Crippen LogP contribution in [-0.2, 0) is 6.42 Å². The van der Waals surface area contributed by atoms with Crippen molar-refractivity contribution in [3.63, 3.8) is 0 Å². The van der Waals surface area contributed by atoms with Gasteiger partial charge in [0, 0.05) is 12.0 Å². The molecule has 0 bridgehead atoms. The van der Waals surface area contributed by atoms with Crippen LogP contribution in [0.25, 0.3) is 0 Å². The molecule has 0 amide bonds. The number of Topliss-reactive ketones (excluding diaryl/α,β-unsaturated/α-hetero) is 1. The highest BCUT2D eigenvalue weighted by Gasteiger charge is 2.06. The molecule has 0 fully saturated rings. The summed E-state index contributed by atoms with van der Waals surface area (Å²) in [5.41, 5.74) is 3.08. The van der Waals surface area contributed by atoms with Crippen LogP contribution in [-0.4, -0.2) is 5.78 Å². The number of aryl methyl sites for hydroxylation is 1. The van der Waals surface area contributed by atoms with Gasteiger partial charge in [0.15, 0.2) is 5.78 Å². The van der Waals surface area contributed by atoms with Gasteiger partial charge in [-0.15, -0.1) is 0 Å². The largest absolute Gasteiger partial charge is 0.294 e. The zero-order valence-electron chi connectivity index (χ0n) is 8.57. The fourth-order valence-electron chi connectivity index (χ4n) is 1.42. The molecule has 1 nitrogen and oxygen atoms in total. The third-order valence-electron chi connectivity index (χ3n) is 2.32. The summed E-state index contributed by atoms with van der Waals surface area (Å²) >= 11 is 1.63. The molecule has 15 heavy (non-hydrogen) atoms. The molecular weight excluding hydrogens is 204 g/mol. The molecule has 0 saturated carbocycles. The normalized spacial score (nSPS) is 10.2. The molecule has 1 aromatic heterocycles. The van der Waals surface area contributed by atoms with Crippen LogP contribution in [0.5, 0.6) is 0 Å². The minimum absolute atomic E-state index is 0.188. The van der Waals surface area contributed by atoms with Gasteiger partial charge in [0.25, 0.3) is 0 Å². The second-order valence-corrected chi connectivity index (χ2v) is 4.38. The molecule has 0 atom stereocenters. The van der Waals surface area contributed by atoms with Crippen molar-refractivity contribution in [3.05, 3.63) is 57.8 Å². The Morgan fingerprint density at radius 3 is 2.53 bits per heavy atom. The summed E-state index contributed by atoms with van der Waals surface area (Å²) in [6, 6.07) is 9.73. The van der Waals surface area contributed by atoms with Gasteiger partial charge in [-0.25, -0.2) is 0 Å². The summed E-state index contributed by atoms with van der Waals surface area (Å²) in [6.07, 6.45) is 0.507. The maximum atomic E-state index is 11.8. The van der Waals surface area contributed by atoms with E-state index in [4.69, 9.17) is 0 Å². The van der Waals surface area contributed by atoms with Gasteiger partial charge in [-0.05, 0) is 29.3 Å². The van der Waals surface area contributed by atoms with Crippen molar-refractivity contribution >= 4 is 17.1 Å². The third kappa shape index (κ3) is 2.54. The summed E-state index contributed by atoms with van der Waals surface area (Å²) in [5, 5.41) is 4.02. The first-order chi connectivity index (χ1) is 7.25. The monoisotopic (exact) mass is 216 g/mol. The highest BCUT2D eigenvalue weighted by atomic mass is 32.1. The van der Waals surface area contributed by atoms with Crippen molar-refractivity contribution in [1.82, 2.24) is 0 Å². The summed E-state index contributed by atoms with van der Waals surface area (Å²) in [6.45, 7) is 2.02. The van der Waals surface area contributed by atoms with E-state index < -0.39 is 0 Å². The van der Waals surface area contributed by atoms with E-state index in [0.717, 1.165) is 11.1 Å². The molecule has 1 heterocycles. The predicted octanol–water partition coefficient (Wildman–Crippen LogP) is 3.48. The lowest BCUT2D eigenvalue weighted by molar-refractivity contribution is 0.0993. The zero-order valence-corrected chi connectivity index (χ0v) is 9.38. The molecule has 0 aliphatic carbocycles. The van der Waals surface area contributed by atoms with Crippen molar-refractivity contribution in [2.24, 2.45) is 0 Å². The van der Waals surface area contributed by atoms with Crippen LogP contribution < -0.4 is 0 Å². The van der Waals surface area contributed by atoms with E-state index in [1.165, 1.54) is 5.56 Å². The number of carbonyl (C=O) groups excluding carboxylic acids is 1. The number of hydrogen-bond acceptors (Lipinski definition) is 2. The minimum Gasteiger partial charge on any atom is -0.294 e. The number of hydrogen-bond donors (Lipinski definition) is 0. The highest BCUT2D eigenvalue weighted by Crippen LogP contribution is 2.11.